The van der Waals surface area contributed by atoms with E-state index >= 15 is 0 Å². The van der Waals surface area contributed by atoms with Crippen LogP contribution in [0.5, 0.6) is 0 Å². The molecule has 3 aromatic rings. The molecule has 0 aliphatic carbocycles. The molecule has 3 heteroatoms. The average molecular weight is 297 g/mol. The van der Waals surface area contributed by atoms with E-state index in [0.717, 1.165) is 23.5 Å². The highest BCUT2D eigenvalue weighted by molar-refractivity contribution is 6.31. The van der Waals surface area contributed by atoms with Crippen LogP contribution in [-0.4, -0.2) is 11.5 Å². The molecule has 0 unspecified atom stereocenters. The van der Waals surface area contributed by atoms with Gasteiger partial charge in [-0.2, -0.15) is 0 Å². The summed E-state index contributed by atoms with van der Waals surface area (Å²) in [5.41, 5.74) is 3.59. The molecule has 1 aromatic heterocycles. The topological polar surface area (TPSA) is 24.9 Å². The number of hydrogen-bond donors (Lipinski definition) is 1. The van der Waals surface area contributed by atoms with E-state index in [4.69, 9.17) is 11.6 Å². The maximum atomic E-state index is 6.22. The van der Waals surface area contributed by atoms with Gasteiger partial charge in [0.25, 0.3) is 0 Å². The van der Waals surface area contributed by atoms with Crippen molar-refractivity contribution < 1.29 is 0 Å². The lowest BCUT2D eigenvalue weighted by Crippen LogP contribution is -2.12. The molecule has 0 atom stereocenters. The van der Waals surface area contributed by atoms with Crippen LogP contribution in [0.1, 0.15) is 12.5 Å². The summed E-state index contributed by atoms with van der Waals surface area (Å²) >= 11 is 6.22. The molecule has 0 amide bonds. The highest BCUT2D eigenvalue weighted by Gasteiger charge is 2.09. The molecule has 0 aliphatic heterocycles. The summed E-state index contributed by atoms with van der Waals surface area (Å²) in [7, 11) is 0. The monoisotopic (exact) mass is 296 g/mol. The quantitative estimate of drug-likeness (QED) is 0.757. The SMILES string of the molecule is CCNCc1ccc(Cl)cc1-c1cccc2ccncc12. The van der Waals surface area contributed by atoms with Crippen LogP contribution < -0.4 is 5.32 Å². The molecule has 0 bridgehead atoms. The Morgan fingerprint density at radius 1 is 1.10 bits per heavy atom. The van der Waals surface area contributed by atoms with E-state index in [1.54, 1.807) is 0 Å². The molecule has 106 valence electrons. The molecule has 1 heterocycles. The van der Waals surface area contributed by atoms with Gasteiger partial charge in [0.2, 0.25) is 0 Å². The Balaban J connectivity index is 2.19. The van der Waals surface area contributed by atoms with Gasteiger partial charge in [-0.1, -0.05) is 42.8 Å². The summed E-state index contributed by atoms with van der Waals surface area (Å²) < 4.78 is 0. The average Bonchev–Trinajstić information content (AvgIpc) is 2.53. The van der Waals surface area contributed by atoms with Gasteiger partial charge in [0, 0.05) is 29.3 Å². The predicted octanol–water partition coefficient (Wildman–Crippen LogP) is 4.66. The molecule has 2 aromatic carbocycles. The minimum atomic E-state index is 0.756. The molecule has 0 spiro atoms. The van der Waals surface area contributed by atoms with Gasteiger partial charge in [-0.05, 0) is 46.8 Å². The van der Waals surface area contributed by atoms with Crippen molar-refractivity contribution in [2.24, 2.45) is 0 Å². The number of pyridine rings is 1. The van der Waals surface area contributed by atoms with Crippen molar-refractivity contribution in [3.63, 3.8) is 0 Å². The lowest BCUT2D eigenvalue weighted by Gasteiger charge is -2.13. The van der Waals surface area contributed by atoms with Gasteiger partial charge in [0.15, 0.2) is 0 Å². The molecule has 0 saturated heterocycles. The minimum Gasteiger partial charge on any atom is -0.313 e. The lowest BCUT2D eigenvalue weighted by atomic mass is 9.95. The van der Waals surface area contributed by atoms with Crippen LogP contribution in [0.15, 0.2) is 54.9 Å². The summed E-state index contributed by atoms with van der Waals surface area (Å²) in [5.74, 6) is 0. The van der Waals surface area contributed by atoms with Crippen LogP contribution >= 0.6 is 11.6 Å². The largest absolute Gasteiger partial charge is 0.313 e. The first-order valence-corrected chi connectivity index (χ1v) is 7.49. The van der Waals surface area contributed by atoms with Crippen LogP contribution in [0.2, 0.25) is 5.02 Å². The number of halogens is 1. The van der Waals surface area contributed by atoms with Crippen LogP contribution in [0.4, 0.5) is 0 Å². The number of hydrogen-bond acceptors (Lipinski definition) is 2. The Hall–Kier alpha value is -1.90. The molecular formula is C18H17ClN2. The summed E-state index contributed by atoms with van der Waals surface area (Å²) in [5, 5.41) is 6.48. The zero-order chi connectivity index (χ0) is 14.7. The van der Waals surface area contributed by atoms with Crippen molar-refractivity contribution >= 4 is 22.4 Å². The van der Waals surface area contributed by atoms with Crippen LogP contribution in [-0.2, 0) is 6.54 Å². The Bertz CT molecular complexity index is 763. The number of nitrogens with zero attached hydrogens (tertiary/aromatic N) is 1. The first kappa shape index (κ1) is 14.1. The van der Waals surface area contributed by atoms with Gasteiger partial charge in [0.05, 0.1) is 0 Å². The highest BCUT2D eigenvalue weighted by atomic mass is 35.5. The molecule has 2 nitrogen and oxygen atoms in total. The molecule has 21 heavy (non-hydrogen) atoms. The van der Waals surface area contributed by atoms with Crippen molar-refractivity contribution in [2.75, 3.05) is 6.54 Å². The fraction of sp³-hybridized carbons (Fsp3) is 0.167. The molecule has 0 radical (unpaired) electrons. The Morgan fingerprint density at radius 3 is 2.86 bits per heavy atom. The number of nitrogens with one attached hydrogen (secondary N) is 1. The van der Waals surface area contributed by atoms with Crippen molar-refractivity contribution in [3.05, 3.63) is 65.4 Å². The van der Waals surface area contributed by atoms with E-state index in [9.17, 15) is 0 Å². The van der Waals surface area contributed by atoms with E-state index in [1.807, 2.05) is 30.6 Å². The van der Waals surface area contributed by atoms with Crippen LogP contribution in [0.3, 0.4) is 0 Å². The van der Waals surface area contributed by atoms with Crippen molar-refractivity contribution in [2.45, 2.75) is 13.5 Å². The minimum absolute atomic E-state index is 0.756. The van der Waals surface area contributed by atoms with Gasteiger partial charge < -0.3 is 5.32 Å². The van der Waals surface area contributed by atoms with E-state index < -0.39 is 0 Å². The fourth-order valence-corrected chi connectivity index (χ4v) is 2.73. The summed E-state index contributed by atoms with van der Waals surface area (Å²) in [6.45, 7) is 3.89. The second-order valence-corrected chi connectivity index (χ2v) is 5.42. The predicted molar refractivity (Wildman–Crippen MR) is 89.6 cm³/mol. The Morgan fingerprint density at radius 2 is 2.00 bits per heavy atom. The molecule has 1 N–H and O–H groups in total. The Kier molecular flexibility index (Phi) is 4.18. The molecule has 3 rings (SSSR count). The number of benzene rings is 2. The highest BCUT2D eigenvalue weighted by Crippen LogP contribution is 2.32. The molecular weight excluding hydrogens is 280 g/mol. The number of aromatic nitrogens is 1. The van der Waals surface area contributed by atoms with E-state index in [1.165, 1.54) is 22.1 Å². The molecule has 0 saturated carbocycles. The van der Waals surface area contributed by atoms with Crippen molar-refractivity contribution in [1.82, 2.24) is 10.3 Å². The summed E-state index contributed by atoms with van der Waals surface area (Å²) in [4.78, 5) is 4.26. The van der Waals surface area contributed by atoms with E-state index in [2.05, 4.69) is 41.5 Å². The van der Waals surface area contributed by atoms with Gasteiger partial charge in [0.1, 0.15) is 0 Å². The third kappa shape index (κ3) is 2.92. The van der Waals surface area contributed by atoms with E-state index in [0.29, 0.717) is 0 Å². The lowest BCUT2D eigenvalue weighted by molar-refractivity contribution is 0.728. The summed E-state index contributed by atoms with van der Waals surface area (Å²) in [6, 6.07) is 14.4. The maximum absolute atomic E-state index is 6.22. The fourth-order valence-electron chi connectivity index (χ4n) is 2.56. The first-order chi connectivity index (χ1) is 10.3. The Labute approximate surface area is 129 Å². The van der Waals surface area contributed by atoms with Crippen molar-refractivity contribution in [1.29, 1.82) is 0 Å². The standard InChI is InChI=1S/C18H17ClN2/c1-2-20-11-14-6-7-15(19)10-17(14)16-5-3-4-13-8-9-21-12-18(13)16/h3-10,12,20H,2,11H2,1H3. The third-order valence-corrected chi connectivity index (χ3v) is 3.85. The molecule has 0 aliphatic rings. The van der Waals surface area contributed by atoms with Crippen LogP contribution in [0, 0.1) is 0 Å². The van der Waals surface area contributed by atoms with Crippen LogP contribution in [0.25, 0.3) is 21.9 Å². The normalized spacial score (nSPS) is 11.0. The van der Waals surface area contributed by atoms with Gasteiger partial charge in [-0.15, -0.1) is 0 Å². The smallest absolute Gasteiger partial charge is 0.0412 e. The third-order valence-electron chi connectivity index (χ3n) is 3.61. The number of rotatable bonds is 4. The van der Waals surface area contributed by atoms with Gasteiger partial charge in [-0.3, -0.25) is 4.98 Å². The second-order valence-electron chi connectivity index (χ2n) is 4.98. The second kappa shape index (κ2) is 6.25. The summed E-state index contributed by atoms with van der Waals surface area (Å²) in [6.07, 6.45) is 3.74. The zero-order valence-electron chi connectivity index (χ0n) is 11.9. The van der Waals surface area contributed by atoms with Crippen molar-refractivity contribution in [3.8, 4) is 11.1 Å². The number of fused-ring (bicyclic) bond motifs is 1. The zero-order valence-corrected chi connectivity index (χ0v) is 12.7. The first-order valence-electron chi connectivity index (χ1n) is 7.12. The van der Waals surface area contributed by atoms with Gasteiger partial charge in [-0.25, -0.2) is 0 Å². The maximum Gasteiger partial charge on any atom is 0.0412 e. The van der Waals surface area contributed by atoms with Gasteiger partial charge >= 0.3 is 0 Å². The van der Waals surface area contributed by atoms with E-state index in [-0.39, 0.29) is 0 Å². The molecule has 0 fully saturated rings.